The lowest BCUT2D eigenvalue weighted by Crippen LogP contribution is -2.10. The van der Waals surface area contributed by atoms with Gasteiger partial charge in [0.1, 0.15) is 0 Å². The van der Waals surface area contributed by atoms with Crippen LogP contribution in [0.15, 0.2) is 223 Å². The predicted molar refractivity (Wildman–Crippen MR) is 281 cm³/mol. The second-order valence-electron chi connectivity index (χ2n) is 17.6. The van der Waals surface area contributed by atoms with Gasteiger partial charge in [-0.3, -0.25) is 0 Å². The van der Waals surface area contributed by atoms with Crippen molar-refractivity contribution in [2.45, 2.75) is 33.1 Å². The number of anilines is 3. The van der Waals surface area contributed by atoms with Gasteiger partial charge in [-0.2, -0.15) is 0 Å². The zero-order valence-electron chi connectivity index (χ0n) is 36.7. The Labute approximate surface area is 384 Å². The summed E-state index contributed by atoms with van der Waals surface area (Å²) in [5, 5.41) is 7.78. The molecule has 312 valence electrons. The number of nitrogens with zero attached hydrogens (tertiary/aromatic N) is 2. The third kappa shape index (κ3) is 6.95. The smallest absolute Gasteiger partial charge is 0.0541 e. The molecule has 2 aromatic heterocycles. The SMILES string of the molecule is CC1=CCC=C(CCc2c(-c3ccc4sc5ccccc5c4c3)ccc3cc(N(c4ccccc4)c4ccc(-c5ccc6c(c5)c5ccccc5n6-c5ccccc5)cc4)ccc23)C1C. The summed E-state index contributed by atoms with van der Waals surface area (Å²) in [6, 6.07) is 74.0. The molecule has 0 spiro atoms. The molecule has 0 saturated carbocycles. The van der Waals surface area contributed by atoms with Crippen LogP contribution in [0.3, 0.4) is 0 Å². The molecule has 1 atom stereocenters. The topological polar surface area (TPSA) is 8.17 Å². The van der Waals surface area contributed by atoms with Gasteiger partial charge in [-0.25, -0.2) is 0 Å². The number of rotatable bonds is 9. The Morgan fingerprint density at radius 3 is 2.00 bits per heavy atom. The van der Waals surface area contributed by atoms with Crippen LogP contribution in [0.1, 0.15) is 32.3 Å². The van der Waals surface area contributed by atoms with Crippen molar-refractivity contribution in [3.05, 3.63) is 229 Å². The lowest BCUT2D eigenvalue weighted by atomic mass is 9.83. The molecule has 1 aliphatic carbocycles. The van der Waals surface area contributed by atoms with Crippen molar-refractivity contribution in [1.82, 2.24) is 4.57 Å². The van der Waals surface area contributed by atoms with Crippen molar-refractivity contribution in [1.29, 1.82) is 0 Å². The molecule has 0 amide bonds. The summed E-state index contributed by atoms with van der Waals surface area (Å²) in [4.78, 5) is 2.40. The fraction of sp³-hybridized carbons (Fsp3) is 0.0968. The zero-order chi connectivity index (χ0) is 43.4. The van der Waals surface area contributed by atoms with Crippen LogP contribution in [0.2, 0.25) is 0 Å². The molecule has 2 heterocycles. The standard InChI is InChI=1S/C62H48N2S/c1-41-14-13-15-43(42(41)2)26-34-54-52(47-29-37-62-58(40-47)56-21-10-12-23-61(56)65-62)33-27-46-38-51(32-35-53(46)54)63(48-16-5-3-6-17-48)50-30-24-44(25-31-50)45-28-36-60-57(39-45)55-20-9-11-22-59(55)64(60)49-18-7-4-8-19-49/h3-12,14-25,27-33,35-40,42H,13,26,34H2,1-2H3. The second kappa shape index (κ2) is 16.3. The third-order valence-corrected chi connectivity index (χ3v) is 15.1. The fourth-order valence-electron chi connectivity index (χ4n) is 10.4. The van der Waals surface area contributed by atoms with E-state index in [-0.39, 0.29) is 0 Å². The minimum absolute atomic E-state index is 0.484. The van der Waals surface area contributed by atoms with Crippen molar-refractivity contribution in [2.24, 2.45) is 5.92 Å². The van der Waals surface area contributed by atoms with Crippen LogP contribution in [0.5, 0.6) is 0 Å². The van der Waals surface area contributed by atoms with Gasteiger partial charge in [-0.15, -0.1) is 11.3 Å². The Morgan fingerprint density at radius 1 is 0.492 bits per heavy atom. The van der Waals surface area contributed by atoms with Crippen molar-refractivity contribution >= 4 is 81.1 Å². The monoisotopic (exact) mass is 852 g/mol. The van der Waals surface area contributed by atoms with Crippen LogP contribution in [0.4, 0.5) is 17.1 Å². The molecular formula is C62H48N2S. The Morgan fingerprint density at radius 2 is 1.15 bits per heavy atom. The van der Waals surface area contributed by atoms with E-state index in [0.29, 0.717) is 5.92 Å². The summed E-state index contributed by atoms with van der Waals surface area (Å²) in [6.07, 6.45) is 7.92. The quantitative estimate of drug-likeness (QED) is 0.131. The Kier molecular flexibility index (Phi) is 9.80. The van der Waals surface area contributed by atoms with E-state index < -0.39 is 0 Å². The molecule has 11 aromatic rings. The van der Waals surface area contributed by atoms with Crippen molar-refractivity contribution < 1.29 is 0 Å². The molecule has 2 nitrogen and oxygen atoms in total. The molecule has 0 fully saturated rings. The second-order valence-corrected chi connectivity index (χ2v) is 18.7. The molecular weight excluding hydrogens is 805 g/mol. The van der Waals surface area contributed by atoms with Crippen LogP contribution >= 0.6 is 11.3 Å². The first kappa shape index (κ1) is 39.2. The average Bonchev–Trinajstić information content (AvgIpc) is 3.90. The molecule has 1 aliphatic rings. The highest BCUT2D eigenvalue weighted by molar-refractivity contribution is 7.25. The minimum Gasteiger partial charge on any atom is -0.310 e. The highest BCUT2D eigenvalue weighted by Gasteiger charge is 2.20. The normalized spacial score (nSPS) is 14.1. The van der Waals surface area contributed by atoms with E-state index in [9.17, 15) is 0 Å². The Hall–Kier alpha value is -7.46. The molecule has 9 aromatic carbocycles. The number of thiophene rings is 1. The first-order valence-electron chi connectivity index (χ1n) is 22.9. The van der Waals surface area contributed by atoms with Gasteiger partial charge in [0, 0.05) is 53.7 Å². The summed E-state index contributed by atoms with van der Waals surface area (Å²) in [5.74, 6) is 0.484. The molecule has 12 rings (SSSR count). The fourth-order valence-corrected chi connectivity index (χ4v) is 11.5. The predicted octanol–water partition coefficient (Wildman–Crippen LogP) is 18.0. The van der Waals surface area contributed by atoms with Crippen molar-refractivity contribution in [3.63, 3.8) is 0 Å². The van der Waals surface area contributed by atoms with E-state index in [1.54, 1.807) is 5.57 Å². The maximum Gasteiger partial charge on any atom is 0.0541 e. The van der Waals surface area contributed by atoms with Gasteiger partial charge in [0.15, 0.2) is 0 Å². The van der Waals surface area contributed by atoms with Crippen LogP contribution < -0.4 is 4.90 Å². The largest absolute Gasteiger partial charge is 0.310 e. The summed E-state index contributed by atoms with van der Waals surface area (Å²) in [7, 11) is 0. The minimum atomic E-state index is 0.484. The molecule has 3 heteroatoms. The van der Waals surface area contributed by atoms with E-state index in [4.69, 9.17) is 0 Å². The number of fused-ring (bicyclic) bond motifs is 7. The van der Waals surface area contributed by atoms with E-state index >= 15 is 0 Å². The highest BCUT2D eigenvalue weighted by atomic mass is 32.1. The Bertz CT molecular complexity index is 3640. The van der Waals surface area contributed by atoms with E-state index in [2.05, 4.69) is 236 Å². The van der Waals surface area contributed by atoms with Crippen LogP contribution in [-0.2, 0) is 6.42 Å². The number of allylic oxidation sites excluding steroid dienone is 4. The van der Waals surface area contributed by atoms with E-state index in [0.717, 1.165) is 36.3 Å². The van der Waals surface area contributed by atoms with Gasteiger partial charge in [0.25, 0.3) is 0 Å². The van der Waals surface area contributed by atoms with E-state index in [1.807, 2.05) is 11.3 Å². The summed E-state index contributed by atoms with van der Waals surface area (Å²) in [5.41, 5.74) is 16.5. The number of hydrogen-bond donors (Lipinski definition) is 0. The molecule has 1 unspecified atom stereocenters. The first-order valence-corrected chi connectivity index (χ1v) is 23.7. The van der Waals surface area contributed by atoms with Gasteiger partial charge in [-0.05, 0) is 156 Å². The first-order chi connectivity index (χ1) is 32.1. The molecule has 0 aliphatic heterocycles. The maximum absolute atomic E-state index is 2.47. The van der Waals surface area contributed by atoms with Gasteiger partial charge < -0.3 is 9.47 Å². The van der Waals surface area contributed by atoms with Gasteiger partial charge in [-0.1, -0.05) is 145 Å². The number of aryl methyl sites for hydroxylation is 1. The van der Waals surface area contributed by atoms with Gasteiger partial charge in [0.2, 0.25) is 0 Å². The van der Waals surface area contributed by atoms with Crippen LogP contribution in [0, 0.1) is 5.92 Å². The van der Waals surface area contributed by atoms with Crippen molar-refractivity contribution in [3.8, 4) is 27.9 Å². The highest BCUT2D eigenvalue weighted by Crippen LogP contribution is 2.43. The van der Waals surface area contributed by atoms with Crippen molar-refractivity contribution in [2.75, 3.05) is 4.90 Å². The van der Waals surface area contributed by atoms with Crippen LogP contribution in [0.25, 0.3) is 80.7 Å². The summed E-state index contributed by atoms with van der Waals surface area (Å²) < 4.78 is 5.06. The summed E-state index contributed by atoms with van der Waals surface area (Å²) in [6.45, 7) is 4.67. The molecule has 0 radical (unpaired) electrons. The lowest BCUT2D eigenvalue weighted by Gasteiger charge is -2.26. The molecule has 0 saturated heterocycles. The molecule has 65 heavy (non-hydrogen) atoms. The van der Waals surface area contributed by atoms with Gasteiger partial charge in [0.05, 0.1) is 11.0 Å². The molecule has 0 bridgehead atoms. The number of para-hydroxylation sites is 3. The average molecular weight is 853 g/mol. The number of hydrogen-bond acceptors (Lipinski definition) is 2. The van der Waals surface area contributed by atoms with E-state index in [1.165, 1.54) is 91.8 Å². The summed E-state index contributed by atoms with van der Waals surface area (Å²) >= 11 is 1.88. The lowest BCUT2D eigenvalue weighted by molar-refractivity contribution is 0.715. The number of benzene rings is 9. The maximum atomic E-state index is 2.47. The van der Waals surface area contributed by atoms with Gasteiger partial charge >= 0.3 is 0 Å². The molecule has 0 N–H and O–H groups in total. The zero-order valence-corrected chi connectivity index (χ0v) is 37.5. The third-order valence-electron chi connectivity index (χ3n) is 13.9. The number of aromatic nitrogens is 1. The van der Waals surface area contributed by atoms with Crippen LogP contribution in [-0.4, -0.2) is 4.57 Å². The Balaban J connectivity index is 0.936.